The van der Waals surface area contributed by atoms with Crippen molar-refractivity contribution < 1.29 is 13.9 Å². The fourth-order valence-electron chi connectivity index (χ4n) is 5.55. The van der Waals surface area contributed by atoms with Crippen molar-refractivity contribution in [2.45, 2.75) is 19.9 Å². The number of nitrogens with two attached hydrogens (primary N) is 1. The van der Waals surface area contributed by atoms with Gasteiger partial charge in [0.1, 0.15) is 23.6 Å². The predicted molar refractivity (Wildman–Crippen MR) is 143 cm³/mol. The van der Waals surface area contributed by atoms with Gasteiger partial charge in [-0.3, -0.25) is 4.79 Å². The minimum absolute atomic E-state index is 0.0366. The summed E-state index contributed by atoms with van der Waals surface area (Å²) in [4.78, 5) is 29.3. The molecule has 4 aromatic rings. The lowest BCUT2D eigenvalue weighted by Gasteiger charge is -2.24. The average Bonchev–Trinajstić information content (AvgIpc) is 3.62. The summed E-state index contributed by atoms with van der Waals surface area (Å²) in [6, 6.07) is 10.3. The Bertz CT molecular complexity index is 1570. The zero-order valence-electron chi connectivity index (χ0n) is 21.1. The predicted octanol–water partition coefficient (Wildman–Crippen LogP) is 4.17. The van der Waals surface area contributed by atoms with Gasteiger partial charge in [0.25, 0.3) is 0 Å². The fourth-order valence-corrected chi connectivity index (χ4v) is 5.55. The standard InChI is InChI=1S/C28H28FN7O2/c1-3-23(37)34-10-9-18(14-34)15-35-11-12-36-27-25(26(30)31-16-32-27)24(28(35)36)19-7-8-21(20(29)13-19)38-22-6-4-5-17(2)33-22/h3-8,13,16,18H,1,9-12,14-15H2,2H3,(H2,30,31,32)/t18-/m0/s1. The summed E-state index contributed by atoms with van der Waals surface area (Å²) in [5.74, 6) is 1.48. The van der Waals surface area contributed by atoms with E-state index < -0.39 is 5.82 Å². The van der Waals surface area contributed by atoms with E-state index in [0.29, 0.717) is 35.1 Å². The van der Waals surface area contributed by atoms with Gasteiger partial charge in [0.2, 0.25) is 11.8 Å². The number of carbonyl (C=O) groups excluding carboxylic acids is 1. The number of hydrogen-bond donors (Lipinski definition) is 1. The number of aromatic nitrogens is 4. The van der Waals surface area contributed by atoms with Crippen molar-refractivity contribution in [1.29, 1.82) is 0 Å². The van der Waals surface area contributed by atoms with E-state index in [-0.39, 0.29) is 11.7 Å². The van der Waals surface area contributed by atoms with Crippen molar-refractivity contribution in [3.8, 4) is 22.8 Å². The zero-order valence-corrected chi connectivity index (χ0v) is 21.1. The third kappa shape index (κ3) is 4.11. The minimum Gasteiger partial charge on any atom is -0.436 e. The van der Waals surface area contributed by atoms with E-state index in [1.165, 1.54) is 18.5 Å². The smallest absolute Gasteiger partial charge is 0.245 e. The second-order valence-corrected chi connectivity index (χ2v) is 9.76. The monoisotopic (exact) mass is 513 g/mol. The van der Waals surface area contributed by atoms with Crippen LogP contribution in [0.2, 0.25) is 0 Å². The van der Waals surface area contributed by atoms with E-state index in [0.717, 1.165) is 55.3 Å². The SMILES string of the molecule is C=CC(=O)N1CC[C@H](CN2CCn3c2c(-c2ccc(Oc4cccc(C)n4)c(F)c2)c2c(N)ncnc23)C1. The Balaban J connectivity index is 1.37. The van der Waals surface area contributed by atoms with E-state index in [1.807, 2.05) is 30.0 Å². The highest BCUT2D eigenvalue weighted by molar-refractivity contribution is 6.07. The largest absolute Gasteiger partial charge is 0.436 e. The number of hydrogen-bond acceptors (Lipinski definition) is 7. The molecule has 0 saturated carbocycles. The van der Waals surface area contributed by atoms with Gasteiger partial charge in [-0.15, -0.1) is 0 Å². The molecular formula is C28H28FN7O2. The maximum absolute atomic E-state index is 15.4. The van der Waals surface area contributed by atoms with Crippen LogP contribution in [0.25, 0.3) is 22.2 Å². The highest BCUT2D eigenvalue weighted by Gasteiger charge is 2.34. The van der Waals surface area contributed by atoms with Gasteiger partial charge in [-0.25, -0.2) is 19.3 Å². The topological polar surface area (TPSA) is 102 Å². The van der Waals surface area contributed by atoms with Crippen LogP contribution in [-0.2, 0) is 11.3 Å². The molecule has 1 fully saturated rings. The molecule has 1 amide bonds. The highest BCUT2D eigenvalue weighted by atomic mass is 19.1. The van der Waals surface area contributed by atoms with Crippen molar-refractivity contribution >= 4 is 28.6 Å². The van der Waals surface area contributed by atoms with E-state index >= 15 is 4.39 Å². The molecule has 1 aromatic carbocycles. The van der Waals surface area contributed by atoms with Gasteiger partial charge in [0.05, 0.1) is 5.39 Å². The van der Waals surface area contributed by atoms with Crippen molar-refractivity contribution in [3.63, 3.8) is 0 Å². The lowest BCUT2D eigenvalue weighted by Crippen LogP contribution is -2.31. The molecule has 0 radical (unpaired) electrons. The number of nitrogen functional groups attached to an aromatic ring is 1. The molecule has 10 heteroatoms. The molecule has 3 aromatic heterocycles. The van der Waals surface area contributed by atoms with Crippen molar-refractivity contribution in [2.24, 2.45) is 5.92 Å². The van der Waals surface area contributed by atoms with E-state index in [9.17, 15) is 4.79 Å². The number of likely N-dealkylation sites (tertiary alicyclic amines) is 1. The molecule has 6 rings (SSSR count). The Morgan fingerprint density at radius 3 is 2.89 bits per heavy atom. The van der Waals surface area contributed by atoms with E-state index in [4.69, 9.17) is 10.5 Å². The summed E-state index contributed by atoms with van der Waals surface area (Å²) in [5.41, 5.74) is 9.32. The maximum atomic E-state index is 15.4. The van der Waals surface area contributed by atoms with Crippen molar-refractivity contribution in [3.05, 3.63) is 66.9 Å². The first-order chi connectivity index (χ1) is 18.4. The van der Waals surface area contributed by atoms with Gasteiger partial charge in [0.15, 0.2) is 11.6 Å². The highest BCUT2D eigenvalue weighted by Crippen LogP contribution is 2.45. The average molecular weight is 514 g/mol. The Hall–Kier alpha value is -4.47. The van der Waals surface area contributed by atoms with Gasteiger partial charge >= 0.3 is 0 Å². The number of pyridine rings is 1. The Kier molecular flexibility index (Phi) is 5.94. The quantitative estimate of drug-likeness (QED) is 0.386. The summed E-state index contributed by atoms with van der Waals surface area (Å²) in [7, 11) is 0. The summed E-state index contributed by atoms with van der Waals surface area (Å²) in [6.45, 7) is 9.15. The molecule has 9 nitrogen and oxygen atoms in total. The van der Waals surface area contributed by atoms with E-state index in [2.05, 4.69) is 31.0 Å². The molecule has 2 aliphatic heterocycles. The Morgan fingerprint density at radius 1 is 1.24 bits per heavy atom. The molecule has 0 unspecified atom stereocenters. The lowest BCUT2D eigenvalue weighted by atomic mass is 10.0. The van der Waals surface area contributed by atoms with Gasteiger partial charge < -0.3 is 24.8 Å². The van der Waals surface area contributed by atoms with Crippen LogP contribution >= 0.6 is 0 Å². The number of benzene rings is 1. The molecule has 0 spiro atoms. The van der Waals surface area contributed by atoms with Crippen LogP contribution < -0.4 is 15.4 Å². The number of ether oxygens (including phenoxy) is 1. The number of rotatable bonds is 6. The van der Waals surface area contributed by atoms with Crippen LogP contribution in [0.4, 0.5) is 16.0 Å². The van der Waals surface area contributed by atoms with Crippen molar-refractivity contribution in [1.82, 2.24) is 24.4 Å². The number of halogens is 1. The summed E-state index contributed by atoms with van der Waals surface area (Å²) >= 11 is 0. The van der Waals surface area contributed by atoms with Crippen molar-refractivity contribution in [2.75, 3.05) is 36.8 Å². The molecular weight excluding hydrogens is 485 g/mol. The molecule has 5 heterocycles. The number of aryl methyl sites for hydroxylation is 1. The second kappa shape index (κ2) is 9.44. The molecule has 0 aliphatic carbocycles. The van der Waals surface area contributed by atoms with Gasteiger partial charge in [-0.1, -0.05) is 18.7 Å². The van der Waals surface area contributed by atoms with Crippen LogP contribution in [-0.4, -0.2) is 56.5 Å². The van der Waals surface area contributed by atoms with Gasteiger partial charge in [0, 0.05) is 50.0 Å². The molecule has 194 valence electrons. The van der Waals surface area contributed by atoms with Crippen LogP contribution in [0.15, 0.2) is 55.4 Å². The zero-order chi connectivity index (χ0) is 26.4. The minimum atomic E-state index is -0.506. The third-order valence-electron chi connectivity index (χ3n) is 7.28. The first-order valence-electron chi connectivity index (χ1n) is 12.6. The molecule has 1 saturated heterocycles. The van der Waals surface area contributed by atoms with Crippen LogP contribution in [0.5, 0.6) is 11.6 Å². The fraction of sp³-hybridized carbons (Fsp3) is 0.286. The third-order valence-corrected chi connectivity index (χ3v) is 7.28. The normalized spacial score (nSPS) is 16.7. The van der Waals surface area contributed by atoms with Crippen LogP contribution in [0.1, 0.15) is 12.1 Å². The molecule has 38 heavy (non-hydrogen) atoms. The number of anilines is 2. The van der Waals surface area contributed by atoms with Crippen LogP contribution in [0.3, 0.4) is 0 Å². The molecule has 2 aliphatic rings. The first kappa shape index (κ1) is 23.9. The van der Waals surface area contributed by atoms with Gasteiger partial charge in [-0.2, -0.15) is 0 Å². The number of fused-ring (bicyclic) bond motifs is 3. The van der Waals surface area contributed by atoms with Gasteiger partial charge in [-0.05, 0) is 49.1 Å². The summed E-state index contributed by atoms with van der Waals surface area (Å²) in [5, 5.41) is 0.704. The number of amides is 1. The maximum Gasteiger partial charge on any atom is 0.245 e. The number of carbonyl (C=O) groups is 1. The Morgan fingerprint density at radius 2 is 2.11 bits per heavy atom. The number of nitrogens with zero attached hydrogens (tertiary/aromatic N) is 6. The second-order valence-electron chi connectivity index (χ2n) is 9.76. The van der Waals surface area contributed by atoms with Crippen LogP contribution in [0, 0.1) is 18.7 Å². The first-order valence-corrected chi connectivity index (χ1v) is 12.6. The van der Waals surface area contributed by atoms with E-state index in [1.54, 1.807) is 12.1 Å². The molecule has 2 N–H and O–H groups in total. The summed E-state index contributed by atoms with van der Waals surface area (Å²) < 4.78 is 23.2. The molecule has 0 bridgehead atoms. The Labute approximate surface area is 219 Å². The summed E-state index contributed by atoms with van der Waals surface area (Å²) in [6.07, 6.45) is 3.74. The molecule has 1 atom stereocenters. The lowest BCUT2D eigenvalue weighted by molar-refractivity contribution is -0.125.